The van der Waals surface area contributed by atoms with Gasteiger partial charge < -0.3 is 24.1 Å². The molecule has 0 radical (unpaired) electrons. The highest BCUT2D eigenvalue weighted by atomic mass is 16.5. The molecule has 2 amide bonds. The van der Waals surface area contributed by atoms with Gasteiger partial charge in [-0.3, -0.25) is 9.59 Å². The van der Waals surface area contributed by atoms with E-state index in [0.717, 1.165) is 5.56 Å². The zero-order valence-electron chi connectivity index (χ0n) is 18.6. The fourth-order valence-corrected chi connectivity index (χ4v) is 3.94. The lowest BCUT2D eigenvalue weighted by molar-refractivity contribution is -0.118. The fraction of sp³-hybridized carbons (Fsp3) is 0.360. The molecule has 2 aromatic carbocycles. The van der Waals surface area contributed by atoms with Crippen molar-refractivity contribution in [3.63, 3.8) is 0 Å². The minimum absolute atomic E-state index is 0.124. The summed E-state index contributed by atoms with van der Waals surface area (Å²) >= 11 is 0. The van der Waals surface area contributed by atoms with E-state index in [1.165, 1.54) is 5.56 Å². The number of aryl methyl sites for hydroxylation is 1. The van der Waals surface area contributed by atoms with E-state index in [1.54, 1.807) is 11.0 Å². The third kappa shape index (κ3) is 4.62. The van der Waals surface area contributed by atoms with Crippen LogP contribution in [0.1, 0.15) is 41.4 Å². The van der Waals surface area contributed by atoms with Crippen LogP contribution in [0.5, 0.6) is 5.75 Å². The molecule has 0 unspecified atom stereocenters. The normalized spacial score (nSPS) is 14.1. The lowest BCUT2D eigenvalue weighted by Crippen LogP contribution is -2.40. The molecule has 1 aliphatic rings. The van der Waals surface area contributed by atoms with Crippen molar-refractivity contribution < 1.29 is 23.5 Å². The Morgan fingerprint density at radius 2 is 1.88 bits per heavy atom. The molecule has 168 valence electrons. The third-order valence-electron chi connectivity index (χ3n) is 5.59. The van der Waals surface area contributed by atoms with E-state index in [4.69, 9.17) is 13.9 Å². The number of furan rings is 1. The fourth-order valence-electron chi connectivity index (χ4n) is 3.94. The Hall–Kier alpha value is -3.32. The van der Waals surface area contributed by atoms with Gasteiger partial charge in [-0.05, 0) is 48.2 Å². The number of amides is 2. The number of para-hydroxylation sites is 1. The van der Waals surface area contributed by atoms with Crippen molar-refractivity contribution >= 4 is 28.5 Å². The van der Waals surface area contributed by atoms with Crippen LogP contribution in [-0.4, -0.2) is 49.6 Å². The van der Waals surface area contributed by atoms with E-state index >= 15 is 0 Å². The highest BCUT2D eigenvalue weighted by molar-refractivity contribution is 6.11. The van der Waals surface area contributed by atoms with Gasteiger partial charge in [-0.25, -0.2) is 0 Å². The van der Waals surface area contributed by atoms with Gasteiger partial charge in [0.1, 0.15) is 17.0 Å². The summed E-state index contributed by atoms with van der Waals surface area (Å²) in [4.78, 5) is 27.5. The molecule has 3 aromatic rings. The molecule has 1 aromatic heterocycles. The summed E-state index contributed by atoms with van der Waals surface area (Å²) in [6.07, 6.45) is 0. The number of rotatable bonds is 6. The van der Waals surface area contributed by atoms with Crippen LogP contribution in [0.2, 0.25) is 0 Å². The van der Waals surface area contributed by atoms with Crippen LogP contribution in [-0.2, 0) is 9.53 Å². The maximum Gasteiger partial charge on any atom is 0.291 e. The summed E-state index contributed by atoms with van der Waals surface area (Å²) in [5.41, 5.74) is 3.28. The molecule has 0 atom stereocenters. The Kier molecular flexibility index (Phi) is 6.46. The van der Waals surface area contributed by atoms with Crippen molar-refractivity contribution in [2.75, 3.05) is 38.2 Å². The van der Waals surface area contributed by atoms with Gasteiger partial charge in [0.05, 0.1) is 13.2 Å². The summed E-state index contributed by atoms with van der Waals surface area (Å²) in [6.45, 7) is 8.07. The summed E-state index contributed by atoms with van der Waals surface area (Å²) in [6, 6.07) is 13.1. The van der Waals surface area contributed by atoms with E-state index in [0.29, 0.717) is 54.6 Å². The second-order valence-corrected chi connectivity index (χ2v) is 8.22. The molecule has 1 N–H and O–H groups in total. The number of fused-ring (bicyclic) bond motifs is 1. The SMILES string of the molecule is Cc1cc(OCC(=O)Nc2c(C(=O)N3CCOCC3)oc3ccccc23)ccc1C(C)C. The first-order valence-electron chi connectivity index (χ1n) is 10.9. The molecule has 0 bridgehead atoms. The van der Waals surface area contributed by atoms with Gasteiger partial charge in [0.25, 0.3) is 11.8 Å². The Labute approximate surface area is 187 Å². The van der Waals surface area contributed by atoms with Crippen LogP contribution in [0.15, 0.2) is 46.9 Å². The second kappa shape index (κ2) is 9.44. The molecule has 7 nitrogen and oxygen atoms in total. The number of morpholine rings is 1. The number of nitrogens with one attached hydrogen (secondary N) is 1. The van der Waals surface area contributed by atoms with E-state index in [-0.39, 0.29) is 24.2 Å². The Morgan fingerprint density at radius 3 is 2.59 bits per heavy atom. The van der Waals surface area contributed by atoms with Crippen LogP contribution >= 0.6 is 0 Å². The smallest absolute Gasteiger partial charge is 0.291 e. The molecule has 0 spiro atoms. The molecule has 2 heterocycles. The lowest BCUT2D eigenvalue weighted by Gasteiger charge is -2.26. The standard InChI is InChI=1S/C25H28N2O5/c1-16(2)19-9-8-18(14-17(19)3)31-15-22(28)26-23-20-6-4-5-7-21(20)32-24(23)25(29)27-10-12-30-13-11-27/h4-9,14,16H,10-13,15H2,1-3H3,(H,26,28). The Balaban J connectivity index is 1.51. The highest BCUT2D eigenvalue weighted by Gasteiger charge is 2.27. The summed E-state index contributed by atoms with van der Waals surface area (Å²) in [5.74, 6) is 0.547. The van der Waals surface area contributed by atoms with Crippen LogP contribution in [0.3, 0.4) is 0 Å². The van der Waals surface area contributed by atoms with Gasteiger partial charge in [-0.1, -0.05) is 32.0 Å². The molecule has 1 saturated heterocycles. The van der Waals surface area contributed by atoms with Gasteiger partial charge in [0, 0.05) is 18.5 Å². The number of carbonyl (C=O) groups is 2. The van der Waals surface area contributed by atoms with Crippen molar-refractivity contribution in [2.45, 2.75) is 26.7 Å². The van der Waals surface area contributed by atoms with Gasteiger partial charge in [-0.2, -0.15) is 0 Å². The highest BCUT2D eigenvalue weighted by Crippen LogP contribution is 2.32. The zero-order chi connectivity index (χ0) is 22.7. The van der Waals surface area contributed by atoms with Crippen LogP contribution in [0, 0.1) is 6.92 Å². The van der Waals surface area contributed by atoms with Crippen LogP contribution < -0.4 is 10.1 Å². The number of carbonyl (C=O) groups excluding carboxylic acids is 2. The zero-order valence-corrected chi connectivity index (χ0v) is 18.6. The largest absolute Gasteiger partial charge is 0.484 e. The first-order valence-corrected chi connectivity index (χ1v) is 10.9. The van der Waals surface area contributed by atoms with Gasteiger partial charge in [-0.15, -0.1) is 0 Å². The summed E-state index contributed by atoms with van der Waals surface area (Å²) in [7, 11) is 0. The van der Waals surface area contributed by atoms with Gasteiger partial charge in [0.15, 0.2) is 6.61 Å². The number of hydrogen-bond acceptors (Lipinski definition) is 5. The molecule has 7 heteroatoms. The average molecular weight is 437 g/mol. The maximum atomic E-state index is 13.1. The maximum absolute atomic E-state index is 13.1. The molecule has 1 fully saturated rings. The Bertz CT molecular complexity index is 1130. The first-order chi connectivity index (χ1) is 15.4. The predicted molar refractivity (Wildman–Crippen MR) is 122 cm³/mol. The minimum atomic E-state index is -0.363. The Morgan fingerprint density at radius 1 is 1.12 bits per heavy atom. The van der Waals surface area contributed by atoms with Crippen molar-refractivity contribution in [3.8, 4) is 5.75 Å². The topological polar surface area (TPSA) is 81.0 Å². The van der Waals surface area contributed by atoms with Crippen LogP contribution in [0.4, 0.5) is 5.69 Å². The van der Waals surface area contributed by atoms with E-state index in [2.05, 4.69) is 19.2 Å². The third-order valence-corrected chi connectivity index (χ3v) is 5.59. The summed E-state index contributed by atoms with van der Waals surface area (Å²) < 4.78 is 16.9. The number of anilines is 1. The van der Waals surface area contributed by atoms with Gasteiger partial charge >= 0.3 is 0 Å². The van der Waals surface area contributed by atoms with Crippen molar-refractivity contribution in [1.29, 1.82) is 0 Å². The quantitative estimate of drug-likeness (QED) is 0.621. The monoisotopic (exact) mass is 436 g/mol. The molecular formula is C25H28N2O5. The predicted octanol–water partition coefficient (Wildman–Crippen LogP) is 4.35. The van der Waals surface area contributed by atoms with Crippen molar-refractivity contribution in [1.82, 2.24) is 4.90 Å². The molecule has 0 saturated carbocycles. The lowest BCUT2D eigenvalue weighted by atomic mass is 9.98. The molecule has 1 aliphatic heterocycles. The molecule has 32 heavy (non-hydrogen) atoms. The van der Waals surface area contributed by atoms with E-state index in [1.807, 2.05) is 43.3 Å². The molecule has 0 aliphatic carbocycles. The number of nitrogens with zero attached hydrogens (tertiary/aromatic N) is 1. The first kappa shape index (κ1) is 21.9. The van der Waals surface area contributed by atoms with Gasteiger partial charge in [0.2, 0.25) is 5.76 Å². The number of ether oxygens (including phenoxy) is 2. The molecular weight excluding hydrogens is 408 g/mol. The van der Waals surface area contributed by atoms with Crippen molar-refractivity contribution in [2.24, 2.45) is 0 Å². The second-order valence-electron chi connectivity index (χ2n) is 8.22. The van der Waals surface area contributed by atoms with Crippen LogP contribution in [0.25, 0.3) is 11.0 Å². The summed E-state index contributed by atoms with van der Waals surface area (Å²) in [5, 5.41) is 3.51. The molecule has 4 rings (SSSR count). The van der Waals surface area contributed by atoms with E-state index in [9.17, 15) is 9.59 Å². The average Bonchev–Trinajstić information content (AvgIpc) is 3.16. The number of benzene rings is 2. The van der Waals surface area contributed by atoms with E-state index < -0.39 is 0 Å². The minimum Gasteiger partial charge on any atom is -0.484 e. The van der Waals surface area contributed by atoms with Crippen molar-refractivity contribution in [3.05, 3.63) is 59.4 Å². The number of hydrogen-bond donors (Lipinski definition) is 1.